The van der Waals surface area contributed by atoms with Crippen LogP contribution >= 0.6 is 0 Å². The summed E-state index contributed by atoms with van der Waals surface area (Å²) < 4.78 is 7.86. The smallest absolute Gasteiger partial charge is 0.224 e. The number of aromatic nitrogens is 2. The Morgan fingerprint density at radius 3 is 2.43 bits per heavy atom. The fraction of sp³-hybridized carbons (Fsp3) is 0.333. The quantitative estimate of drug-likeness (QED) is 0.251. The minimum absolute atomic E-state index is 0.0789. The van der Waals surface area contributed by atoms with Gasteiger partial charge in [0.2, 0.25) is 5.91 Å². The predicted molar refractivity (Wildman–Crippen MR) is 142 cm³/mol. The molecule has 0 saturated carbocycles. The first-order chi connectivity index (χ1) is 17.2. The monoisotopic (exact) mass is 469 g/mol. The average molecular weight is 470 g/mol. The first-order valence-corrected chi connectivity index (χ1v) is 12.7. The van der Waals surface area contributed by atoms with Crippen LogP contribution in [0.3, 0.4) is 0 Å². The number of para-hydroxylation sites is 2. The van der Waals surface area contributed by atoms with Crippen molar-refractivity contribution in [2.75, 3.05) is 19.8 Å². The van der Waals surface area contributed by atoms with Gasteiger partial charge in [0, 0.05) is 26.1 Å². The van der Waals surface area contributed by atoms with E-state index in [2.05, 4.69) is 52.3 Å². The van der Waals surface area contributed by atoms with E-state index in [1.54, 1.807) is 0 Å². The Labute approximate surface area is 208 Å². The molecule has 1 aromatic heterocycles. The summed E-state index contributed by atoms with van der Waals surface area (Å²) in [4.78, 5) is 17.2. The molecule has 4 aromatic rings. The lowest BCUT2D eigenvalue weighted by molar-refractivity contribution is -0.120. The standard InChI is InChI=1S/C30H35N3O2/c1-2-35-22-21-33-28-14-9-8-13-27(28)32-29(33)15-7-4-10-20-31-30(34)23-24-16-18-26(19-17-24)25-11-5-3-6-12-25/h3,5-6,8-9,11-14,16-19H,2,4,7,10,15,20-23H2,1H3,(H,31,34). The number of hydrogen-bond acceptors (Lipinski definition) is 3. The molecule has 5 heteroatoms. The Kier molecular flexibility index (Phi) is 9.07. The minimum atomic E-state index is 0.0789. The number of nitrogens with zero attached hydrogens (tertiary/aromatic N) is 2. The number of carbonyl (C=O) groups excluding carboxylic acids is 1. The van der Waals surface area contributed by atoms with E-state index in [9.17, 15) is 4.79 Å². The van der Waals surface area contributed by atoms with Crippen molar-refractivity contribution in [3.8, 4) is 11.1 Å². The van der Waals surface area contributed by atoms with Gasteiger partial charge in [0.15, 0.2) is 0 Å². The van der Waals surface area contributed by atoms with Crippen LogP contribution in [0, 0.1) is 0 Å². The van der Waals surface area contributed by atoms with Gasteiger partial charge in [-0.1, -0.05) is 73.2 Å². The Balaban J connectivity index is 1.18. The summed E-state index contributed by atoms with van der Waals surface area (Å²) in [7, 11) is 0. The third-order valence-electron chi connectivity index (χ3n) is 6.22. The second kappa shape index (κ2) is 12.9. The maximum Gasteiger partial charge on any atom is 0.224 e. The zero-order valence-electron chi connectivity index (χ0n) is 20.6. The van der Waals surface area contributed by atoms with Gasteiger partial charge >= 0.3 is 0 Å². The Hall–Kier alpha value is -3.44. The van der Waals surface area contributed by atoms with Crippen molar-refractivity contribution in [1.29, 1.82) is 0 Å². The number of imidazole rings is 1. The van der Waals surface area contributed by atoms with Crippen molar-refractivity contribution in [3.05, 3.63) is 90.3 Å². The number of benzene rings is 3. The molecular weight excluding hydrogens is 434 g/mol. The molecule has 0 bridgehead atoms. The van der Waals surface area contributed by atoms with Gasteiger partial charge < -0.3 is 14.6 Å². The summed E-state index contributed by atoms with van der Waals surface area (Å²) in [6, 6.07) is 26.8. The fourth-order valence-electron chi connectivity index (χ4n) is 4.37. The summed E-state index contributed by atoms with van der Waals surface area (Å²) in [5.74, 6) is 1.20. The highest BCUT2D eigenvalue weighted by Crippen LogP contribution is 2.20. The summed E-state index contributed by atoms with van der Waals surface area (Å²) in [6.45, 7) is 4.98. The van der Waals surface area contributed by atoms with E-state index < -0.39 is 0 Å². The second-order valence-corrected chi connectivity index (χ2v) is 8.77. The number of amides is 1. The molecule has 1 amide bonds. The molecule has 0 aliphatic carbocycles. The number of fused-ring (bicyclic) bond motifs is 1. The molecule has 0 atom stereocenters. The summed E-state index contributed by atoms with van der Waals surface area (Å²) in [5, 5.41) is 3.07. The van der Waals surface area contributed by atoms with E-state index in [1.165, 1.54) is 16.6 Å². The molecule has 0 saturated heterocycles. The molecule has 182 valence electrons. The van der Waals surface area contributed by atoms with Crippen LogP contribution < -0.4 is 5.32 Å². The molecule has 5 nitrogen and oxygen atoms in total. The molecule has 4 rings (SSSR count). The first kappa shape index (κ1) is 24.7. The molecule has 0 unspecified atom stereocenters. The zero-order valence-corrected chi connectivity index (χ0v) is 20.6. The molecule has 0 radical (unpaired) electrons. The van der Waals surface area contributed by atoms with Gasteiger partial charge in [0.1, 0.15) is 5.82 Å². The van der Waals surface area contributed by atoms with Gasteiger partial charge in [-0.05, 0) is 48.6 Å². The van der Waals surface area contributed by atoms with Crippen molar-refractivity contribution in [2.24, 2.45) is 0 Å². The van der Waals surface area contributed by atoms with Crippen LogP contribution in [0.4, 0.5) is 0 Å². The number of ether oxygens (including phenoxy) is 1. The largest absolute Gasteiger partial charge is 0.380 e. The second-order valence-electron chi connectivity index (χ2n) is 8.77. The number of hydrogen-bond donors (Lipinski definition) is 1. The SMILES string of the molecule is CCOCCn1c(CCCCCNC(=O)Cc2ccc(-c3ccccc3)cc2)nc2ccccc21. The van der Waals surface area contributed by atoms with Gasteiger partial charge in [-0.25, -0.2) is 4.98 Å². The molecule has 0 aliphatic heterocycles. The first-order valence-electron chi connectivity index (χ1n) is 12.7. The van der Waals surface area contributed by atoms with Crippen LogP contribution in [-0.4, -0.2) is 35.2 Å². The summed E-state index contributed by atoms with van der Waals surface area (Å²) in [6.07, 6.45) is 4.43. The number of rotatable bonds is 13. The lowest BCUT2D eigenvalue weighted by Gasteiger charge is -2.10. The zero-order chi connectivity index (χ0) is 24.3. The molecule has 35 heavy (non-hydrogen) atoms. The van der Waals surface area contributed by atoms with Crippen LogP contribution in [0.1, 0.15) is 37.6 Å². The summed E-state index contributed by atoms with van der Waals surface area (Å²) in [5.41, 5.74) is 5.61. The highest BCUT2D eigenvalue weighted by Gasteiger charge is 2.10. The van der Waals surface area contributed by atoms with Gasteiger partial charge in [0.25, 0.3) is 0 Å². The van der Waals surface area contributed by atoms with Crippen molar-refractivity contribution in [2.45, 2.75) is 45.6 Å². The van der Waals surface area contributed by atoms with Crippen LogP contribution in [0.2, 0.25) is 0 Å². The van der Waals surface area contributed by atoms with Gasteiger partial charge in [0.05, 0.1) is 24.1 Å². The van der Waals surface area contributed by atoms with E-state index in [0.717, 1.165) is 55.7 Å². The molecule has 0 spiro atoms. The lowest BCUT2D eigenvalue weighted by atomic mass is 10.0. The number of nitrogens with one attached hydrogen (secondary N) is 1. The third-order valence-corrected chi connectivity index (χ3v) is 6.22. The van der Waals surface area contributed by atoms with E-state index in [0.29, 0.717) is 19.6 Å². The molecule has 1 N–H and O–H groups in total. The molecule has 3 aromatic carbocycles. The molecule has 0 fully saturated rings. The highest BCUT2D eigenvalue weighted by atomic mass is 16.5. The van der Waals surface area contributed by atoms with Gasteiger partial charge in [-0.2, -0.15) is 0 Å². The average Bonchev–Trinajstić information content (AvgIpc) is 3.24. The highest BCUT2D eigenvalue weighted by molar-refractivity contribution is 5.79. The van der Waals surface area contributed by atoms with Crippen LogP contribution in [-0.2, 0) is 28.9 Å². The van der Waals surface area contributed by atoms with Gasteiger partial charge in [-0.3, -0.25) is 4.79 Å². The lowest BCUT2D eigenvalue weighted by Crippen LogP contribution is -2.26. The number of unbranched alkanes of at least 4 members (excludes halogenated alkanes) is 2. The molecule has 1 heterocycles. The summed E-state index contributed by atoms with van der Waals surface area (Å²) >= 11 is 0. The van der Waals surface area contributed by atoms with Gasteiger partial charge in [-0.15, -0.1) is 0 Å². The number of aryl methyl sites for hydroxylation is 1. The van der Waals surface area contributed by atoms with Crippen LogP contribution in [0.25, 0.3) is 22.2 Å². The van der Waals surface area contributed by atoms with Crippen molar-refractivity contribution in [3.63, 3.8) is 0 Å². The molecular formula is C30H35N3O2. The van der Waals surface area contributed by atoms with E-state index in [4.69, 9.17) is 9.72 Å². The number of carbonyl (C=O) groups is 1. The third kappa shape index (κ3) is 7.03. The maximum absolute atomic E-state index is 12.4. The Bertz CT molecular complexity index is 1200. The topological polar surface area (TPSA) is 56.1 Å². The van der Waals surface area contributed by atoms with E-state index in [-0.39, 0.29) is 5.91 Å². The van der Waals surface area contributed by atoms with Crippen LogP contribution in [0.15, 0.2) is 78.9 Å². The Morgan fingerprint density at radius 1 is 0.886 bits per heavy atom. The fourth-order valence-corrected chi connectivity index (χ4v) is 4.37. The van der Waals surface area contributed by atoms with Crippen molar-refractivity contribution in [1.82, 2.24) is 14.9 Å². The van der Waals surface area contributed by atoms with Crippen molar-refractivity contribution >= 4 is 16.9 Å². The maximum atomic E-state index is 12.4. The predicted octanol–water partition coefficient (Wildman–Crippen LogP) is 5.81. The molecule has 0 aliphatic rings. The van der Waals surface area contributed by atoms with Crippen molar-refractivity contribution < 1.29 is 9.53 Å². The Morgan fingerprint density at radius 2 is 1.63 bits per heavy atom. The van der Waals surface area contributed by atoms with E-state index in [1.807, 2.05) is 43.3 Å². The normalized spacial score (nSPS) is 11.1. The van der Waals surface area contributed by atoms with E-state index >= 15 is 0 Å². The minimum Gasteiger partial charge on any atom is -0.380 e. The van der Waals surface area contributed by atoms with Crippen LogP contribution in [0.5, 0.6) is 0 Å².